The molecule has 3 nitrogen and oxygen atoms in total. The molecule has 1 aromatic rings. The van der Waals surface area contributed by atoms with E-state index in [4.69, 9.17) is 9.47 Å². The quantitative estimate of drug-likeness (QED) is 0.601. The van der Waals surface area contributed by atoms with Crippen molar-refractivity contribution in [2.45, 2.75) is 51.0 Å². The predicted molar refractivity (Wildman–Crippen MR) is 107 cm³/mol. The number of rotatable bonds is 4. The standard InChI is InChI=1S/C22H31NO2Si/c1-22(2)24-14-17(15-25-22)12-18-13-23-11-7-6-10-21(23)20(18)16-26-19-8-4-3-5-9-19/h3-5,8-9,12,17,20-21H,6-7,10-11,13-16H2,1-2H3/b18-12-/t20-,21+/m1/s1. The topological polar surface area (TPSA) is 21.7 Å². The van der Waals surface area contributed by atoms with Gasteiger partial charge in [0.2, 0.25) is 0 Å². The van der Waals surface area contributed by atoms with E-state index in [1.54, 1.807) is 5.57 Å². The third kappa shape index (κ3) is 4.30. The van der Waals surface area contributed by atoms with Gasteiger partial charge < -0.3 is 9.47 Å². The predicted octanol–water partition coefficient (Wildman–Crippen LogP) is 3.24. The molecule has 0 aliphatic carbocycles. The Bertz CT molecular complexity index is 620. The second-order valence-electron chi connectivity index (χ2n) is 8.41. The van der Waals surface area contributed by atoms with Crippen molar-refractivity contribution in [3.8, 4) is 0 Å². The summed E-state index contributed by atoms with van der Waals surface area (Å²) in [5.41, 5.74) is 1.65. The molecular weight excluding hydrogens is 338 g/mol. The van der Waals surface area contributed by atoms with E-state index in [1.165, 1.54) is 37.0 Å². The summed E-state index contributed by atoms with van der Waals surface area (Å²) in [5, 5.41) is 1.49. The summed E-state index contributed by atoms with van der Waals surface area (Å²) in [7, 11) is 0.902. The molecule has 3 fully saturated rings. The van der Waals surface area contributed by atoms with Gasteiger partial charge in [-0.2, -0.15) is 0 Å². The second kappa shape index (κ2) is 7.97. The molecule has 3 saturated heterocycles. The van der Waals surface area contributed by atoms with E-state index >= 15 is 0 Å². The Morgan fingerprint density at radius 1 is 1.15 bits per heavy atom. The Morgan fingerprint density at radius 3 is 2.69 bits per heavy atom. The van der Waals surface area contributed by atoms with Crippen molar-refractivity contribution < 1.29 is 9.47 Å². The SMILES string of the molecule is CC1(C)OCC(/C=C2/CN3CCCC[C@H]3[C@@H]2C[Si]c2ccccc2)CO1. The van der Waals surface area contributed by atoms with Crippen molar-refractivity contribution in [3.63, 3.8) is 0 Å². The van der Waals surface area contributed by atoms with E-state index in [9.17, 15) is 0 Å². The van der Waals surface area contributed by atoms with Crippen LogP contribution in [0.25, 0.3) is 0 Å². The molecule has 0 N–H and O–H groups in total. The lowest BCUT2D eigenvalue weighted by Crippen LogP contribution is -2.38. The van der Waals surface area contributed by atoms with Gasteiger partial charge in [-0.05, 0) is 45.2 Å². The van der Waals surface area contributed by atoms with Crippen molar-refractivity contribution in [1.29, 1.82) is 0 Å². The molecule has 0 unspecified atom stereocenters. The van der Waals surface area contributed by atoms with Crippen LogP contribution in [-0.2, 0) is 9.47 Å². The summed E-state index contributed by atoms with van der Waals surface area (Å²) in [6.45, 7) is 8.03. The zero-order valence-electron chi connectivity index (χ0n) is 16.1. The summed E-state index contributed by atoms with van der Waals surface area (Å²) < 4.78 is 11.8. The molecular formula is C22H31NO2Si. The van der Waals surface area contributed by atoms with Crippen molar-refractivity contribution in [1.82, 2.24) is 4.90 Å². The van der Waals surface area contributed by atoms with Gasteiger partial charge in [0.15, 0.2) is 5.79 Å². The molecule has 4 rings (SSSR count). The minimum Gasteiger partial charge on any atom is -0.350 e. The first kappa shape index (κ1) is 18.4. The Hall–Kier alpha value is -0.943. The molecule has 3 aliphatic heterocycles. The molecule has 0 spiro atoms. The second-order valence-corrected chi connectivity index (χ2v) is 9.75. The molecule has 2 atom stereocenters. The van der Waals surface area contributed by atoms with Crippen LogP contribution in [0.5, 0.6) is 0 Å². The summed E-state index contributed by atoms with van der Waals surface area (Å²) >= 11 is 0. The van der Waals surface area contributed by atoms with Crippen LogP contribution in [0.3, 0.4) is 0 Å². The van der Waals surface area contributed by atoms with Gasteiger partial charge in [0.25, 0.3) is 0 Å². The van der Waals surface area contributed by atoms with Crippen LogP contribution >= 0.6 is 0 Å². The third-order valence-corrected chi connectivity index (χ3v) is 7.42. The molecule has 0 amide bonds. The van der Waals surface area contributed by atoms with Crippen LogP contribution in [0.4, 0.5) is 0 Å². The van der Waals surface area contributed by atoms with Gasteiger partial charge >= 0.3 is 0 Å². The maximum absolute atomic E-state index is 5.89. The minimum atomic E-state index is -0.420. The van der Waals surface area contributed by atoms with Crippen LogP contribution in [-0.4, -0.2) is 52.6 Å². The Balaban J connectivity index is 1.47. The van der Waals surface area contributed by atoms with Crippen molar-refractivity contribution in [2.75, 3.05) is 26.3 Å². The highest BCUT2D eigenvalue weighted by Crippen LogP contribution is 2.38. The number of ether oxygens (including phenoxy) is 2. The van der Waals surface area contributed by atoms with E-state index in [0.29, 0.717) is 11.8 Å². The van der Waals surface area contributed by atoms with Gasteiger partial charge in [0, 0.05) is 18.5 Å². The van der Waals surface area contributed by atoms with Gasteiger partial charge in [-0.3, -0.25) is 4.90 Å². The first-order valence-corrected chi connectivity index (χ1v) is 11.3. The number of fused-ring (bicyclic) bond motifs is 1. The van der Waals surface area contributed by atoms with E-state index in [2.05, 4.69) is 41.3 Å². The average Bonchev–Trinajstić information content (AvgIpc) is 3.00. The first-order valence-electron chi connectivity index (χ1n) is 10.1. The summed E-state index contributed by atoms with van der Waals surface area (Å²) in [6, 6.07) is 13.0. The summed E-state index contributed by atoms with van der Waals surface area (Å²) in [4.78, 5) is 2.74. The smallest absolute Gasteiger partial charge is 0.162 e. The molecule has 26 heavy (non-hydrogen) atoms. The summed E-state index contributed by atoms with van der Waals surface area (Å²) in [6.07, 6.45) is 6.63. The van der Waals surface area contributed by atoms with Gasteiger partial charge in [-0.25, -0.2) is 0 Å². The number of nitrogens with zero attached hydrogens (tertiary/aromatic N) is 1. The van der Waals surface area contributed by atoms with Gasteiger partial charge in [-0.15, -0.1) is 0 Å². The summed E-state index contributed by atoms with van der Waals surface area (Å²) in [5.74, 6) is 0.696. The molecule has 3 aliphatic rings. The van der Waals surface area contributed by atoms with Crippen molar-refractivity contribution in [2.24, 2.45) is 11.8 Å². The highest BCUT2D eigenvalue weighted by atomic mass is 28.2. The lowest BCUT2D eigenvalue weighted by Gasteiger charge is -2.34. The van der Waals surface area contributed by atoms with Crippen LogP contribution < -0.4 is 5.19 Å². The Labute approximate surface area is 160 Å². The minimum absolute atomic E-state index is 0.405. The van der Waals surface area contributed by atoms with Gasteiger partial charge in [0.05, 0.1) is 22.7 Å². The third-order valence-electron chi connectivity index (χ3n) is 6.03. The molecule has 3 heterocycles. The molecule has 1 aromatic carbocycles. The zero-order valence-corrected chi connectivity index (χ0v) is 17.1. The lowest BCUT2D eigenvalue weighted by molar-refractivity contribution is -0.256. The lowest BCUT2D eigenvalue weighted by atomic mass is 9.90. The van der Waals surface area contributed by atoms with Crippen LogP contribution in [0.15, 0.2) is 42.0 Å². The fraction of sp³-hybridized carbons (Fsp3) is 0.636. The Morgan fingerprint density at radius 2 is 1.92 bits per heavy atom. The molecule has 4 heteroatoms. The van der Waals surface area contributed by atoms with Crippen LogP contribution in [0, 0.1) is 11.8 Å². The molecule has 2 radical (unpaired) electrons. The molecule has 140 valence electrons. The number of hydrogen-bond donors (Lipinski definition) is 0. The zero-order chi connectivity index (χ0) is 18.0. The van der Waals surface area contributed by atoms with E-state index < -0.39 is 5.79 Å². The average molecular weight is 370 g/mol. The van der Waals surface area contributed by atoms with E-state index in [1.807, 2.05) is 13.8 Å². The maximum Gasteiger partial charge on any atom is 0.162 e. The van der Waals surface area contributed by atoms with Gasteiger partial charge in [-0.1, -0.05) is 53.6 Å². The van der Waals surface area contributed by atoms with Crippen molar-refractivity contribution >= 4 is 14.7 Å². The first-order chi connectivity index (χ1) is 12.6. The number of benzene rings is 1. The molecule has 0 aromatic heterocycles. The normalized spacial score (nSPS) is 31.2. The monoisotopic (exact) mass is 369 g/mol. The highest BCUT2D eigenvalue weighted by Gasteiger charge is 2.39. The molecule has 0 saturated carbocycles. The van der Waals surface area contributed by atoms with Crippen molar-refractivity contribution in [3.05, 3.63) is 42.0 Å². The van der Waals surface area contributed by atoms with E-state index in [-0.39, 0.29) is 0 Å². The number of hydrogen-bond acceptors (Lipinski definition) is 3. The number of piperidine rings is 1. The fourth-order valence-corrected chi connectivity index (χ4v) is 6.02. The van der Waals surface area contributed by atoms with Crippen LogP contribution in [0.2, 0.25) is 6.04 Å². The van der Waals surface area contributed by atoms with E-state index in [0.717, 1.165) is 35.3 Å². The molecule has 0 bridgehead atoms. The Kier molecular flexibility index (Phi) is 5.65. The maximum atomic E-state index is 5.89. The van der Waals surface area contributed by atoms with Crippen LogP contribution in [0.1, 0.15) is 33.1 Å². The van der Waals surface area contributed by atoms with Gasteiger partial charge in [0.1, 0.15) is 0 Å². The largest absolute Gasteiger partial charge is 0.350 e. The fourth-order valence-electron chi connectivity index (χ4n) is 4.60. The highest BCUT2D eigenvalue weighted by molar-refractivity contribution is 6.53.